The van der Waals surface area contributed by atoms with Crippen molar-refractivity contribution < 1.29 is 34.8 Å². The number of phenolic OH excluding ortho intramolecular Hbond substituents is 1. The number of hydrogen-bond acceptors (Lipinski definition) is 9. The van der Waals surface area contributed by atoms with Gasteiger partial charge in [0.15, 0.2) is 11.4 Å². The van der Waals surface area contributed by atoms with Crippen molar-refractivity contribution in [2.75, 3.05) is 14.1 Å². The molecule has 0 radical (unpaired) electrons. The second-order valence-corrected chi connectivity index (χ2v) is 10.7. The molecule has 0 aliphatic heterocycles. The van der Waals surface area contributed by atoms with E-state index in [4.69, 9.17) is 5.73 Å². The van der Waals surface area contributed by atoms with Gasteiger partial charge in [-0.3, -0.25) is 19.4 Å². The van der Waals surface area contributed by atoms with Crippen LogP contribution in [0.5, 0.6) is 5.75 Å². The third kappa shape index (κ3) is 3.74. The van der Waals surface area contributed by atoms with E-state index in [9.17, 15) is 34.8 Å². The lowest BCUT2D eigenvalue weighted by molar-refractivity contribution is -0.184. The molecule has 0 saturated heterocycles. The number of phenols is 1. The first-order valence-corrected chi connectivity index (χ1v) is 12.6. The number of carbonyl (C=O) groups excluding carboxylic acids is 3. The monoisotopic (exact) mass is 521 g/mol. The van der Waals surface area contributed by atoms with Gasteiger partial charge >= 0.3 is 0 Å². The standard InChI is InChI=1S/C28H31N3O7/c1-31(2)22-17-12-14-11-16-13(6-8-15-5-3-4-10-30-15)7-9-18(32)20(16)23(33)19(14)25(35)28(17,38)26(36)21(24(22)34)27(29)37/h3-5,7,9-10,14,17,21-22,24,32-34,38H,6,8,11-12H2,1-2H3,(H2,29,37)/t14-,17-,21?,22-,24?,28-/m0/s1. The number of fused-ring (bicyclic) bond motifs is 3. The van der Waals surface area contributed by atoms with Crippen molar-refractivity contribution in [2.24, 2.45) is 23.5 Å². The number of carbonyl (C=O) groups is 3. The minimum Gasteiger partial charge on any atom is -0.507 e. The Morgan fingerprint density at radius 1 is 1.16 bits per heavy atom. The van der Waals surface area contributed by atoms with Gasteiger partial charge in [-0.15, -0.1) is 0 Å². The van der Waals surface area contributed by atoms with Gasteiger partial charge in [-0.05, 0) is 75.0 Å². The van der Waals surface area contributed by atoms with E-state index in [-0.39, 0.29) is 29.7 Å². The number of pyridine rings is 1. The van der Waals surface area contributed by atoms with Gasteiger partial charge < -0.3 is 31.1 Å². The highest BCUT2D eigenvalue weighted by Crippen LogP contribution is 2.52. The van der Waals surface area contributed by atoms with Crippen LogP contribution in [0.25, 0.3) is 5.76 Å². The van der Waals surface area contributed by atoms with Crippen LogP contribution in [0.3, 0.4) is 0 Å². The van der Waals surface area contributed by atoms with E-state index >= 15 is 0 Å². The number of aromatic nitrogens is 1. The van der Waals surface area contributed by atoms with Gasteiger partial charge in [0, 0.05) is 29.4 Å². The number of likely N-dealkylation sites (N-methyl/N-ethyl adjacent to an activating group) is 1. The quantitative estimate of drug-likeness (QED) is 0.347. The second-order valence-electron chi connectivity index (χ2n) is 10.7. The van der Waals surface area contributed by atoms with Crippen LogP contribution in [0.2, 0.25) is 0 Å². The van der Waals surface area contributed by atoms with Crippen molar-refractivity contribution in [3.8, 4) is 5.75 Å². The Morgan fingerprint density at radius 2 is 1.89 bits per heavy atom. The Kier molecular flexibility index (Phi) is 6.37. The maximum Gasteiger partial charge on any atom is 0.230 e. The summed E-state index contributed by atoms with van der Waals surface area (Å²) < 4.78 is 0. The van der Waals surface area contributed by atoms with Crippen molar-refractivity contribution in [2.45, 2.75) is 43.4 Å². The number of benzene rings is 1. The Labute approximate surface area is 219 Å². The molecule has 3 aliphatic carbocycles. The van der Waals surface area contributed by atoms with E-state index in [1.54, 1.807) is 31.3 Å². The number of aromatic hydroxyl groups is 1. The molecule has 38 heavy (non-hydrogen) atoms. The van der Waals surface area contributed by atoms with Gasteiger partial charge in [0.25, 0.3) is 0 Å². The van der Waals surface area contributed by atoms with E-state index in [2.05, 4.69) is 4.98 Å². The summed E-state index contributed by atoms with van der Waals surface area (Å²) in [6.45, 7) is 0. The first kappa shape index (κ1) is 26.0. The molecule has 1 aromatic carbocycles. The van der Waals surface area contributed by atoms with Gasteiger partial charge in [-0.2, -0.15) is 0 Å². The zero-order chi connectivity index (χ0) is 27.5. The van der Waals surface area contributed by atoms with E-state index in [0.29, 0.717) is 18.4 Å². The lowest BCUT2D eigenvalue weighted by Crippen LogP contribution is -2.73. The maximum atomic E-state index is 13.9. The molecule has 2 aromatic rings. The molecule has 3 aliphatic rings. The van der Waals surface area contributed by atoms with E-state index in [1.807, 2.05) is 18.2 Å². The van der Waals surface area contributed by atoms with Crippen LogP contribution in [0.1, 0.15) is 28.8 Å². The van der Waals surface area contributed by atoms with Gasteiger partial charge in [-0.1, -0.05) is 12.1 Å². The number of Topliss-reactive ketones (excluding diaryl/α,β-unsaturated/α-hetero) is 2. The minimum atomic E-state index is -2.66. The average Bonchev–Trinajstić information content (AvgIpc) is 2.86. The fourth-order valence-electron chi connectivity index (χ4n) is 6.71. The summed E-state index contributed by atoms with van der Waals surface area (Å²) in [5.41, 5.74) is 5.14. The number of amides is 1. The summed E-state index contributed by atoms with van der Waals surface area (Å²) in [6.07, 6.45) is 1.77. The molecule has 1 aromatic heterocycles. The van der Waals surface area contributed by atoms with Crippen molar-refractivity contribution in [1.29, 1.82) is 0 Å². The third-order valence-corrected chi connectivity index (χ3v) is 8.45. The second kappa shape index (κ2) is 9.30. The normalized spacial score (nSPS) is 30.6. The summed E-state index contributed by atoms with van der Waals surface area (Å²) in [4.78, 5) is 45.3. The summed E-state index contributed by atoms with van der Waals surface area (Å²) in [5, 5.41) is 44.6. The number of nitrogens with zero attached hydrogens (tertiary/aromatic N) is 2. The molecule has 1 heterocycles. The van der Waals surface area contributed by atoms with Crippen LogP contribution in [-0.2, 0) is 33.6 Å². The Balaban J connectivity index is 1.60. The molecule has 2 unspecified atom stereocenters. The SMILES string of the molecule is CN(C)[C@@H]1C(O)C(C(N)=O)C(=O)[C@@]2(O)C(=O)C3=C(O)c4c(O)ccc(CCc5ccccn5)c4C[C@H]3C[C@@H]12. The smallest absolute Gasteiger partial charge is 0.230 e. The first-order chi connectivity index (χ1) is 18.0. The minimum absolute atomic E-state index is 0.0908. The molecule has 0 spiro atoms. The molecular weight excluding hydrogens is 490 g/mol. The lowest BCUT2D eigenvalue weighted by atomic mass is 9.54. The van der Waals surface area contributed by atoms with Crippen LogP contribution in [0.15, 0.2) is 42.1 Å². The van der Waals surface area contributed by atoms with Crippen molar-refractivity contribution in [1.82, 2.24) is 9.88 Å². The highest BCUT2D eigenvalue weighted by atomic mass is 16.3. The molecule has 2 fully saturated rings. The van der Waals surface area contributed by atoms with E-state index in [0.717, 1.165) is 11.3 Å². The van der Waals surface area contributed by atoms with Gasteiger partial charge in [0.2, 0.25) is 11.7 Å². The highest BCUT2D eigenvalue weighted by Gasteiger charge is 2.67. The summed E-state index contributed by atoms with van der Waals surface area (Å²) in [5.74, 6) is -7.44. The highest BCUT2D eigenvalue weighted by molar-refractivity contribution is 6.25. The van der Waals surface area contributed by atoms with Crippen molar-refractivity contribution in [3.05, 3.63) is 64.5 Å². The number of aryl methyl sites for hydroxylation is 2. The molecular formula is C28H31N3O7. The molecule has 5 rings (SSSR count). The Hall–Kier alpha value is -3.60. The van der Waals surface area contributed by atoms with Crippen LogP contribution >= 0.6 is 0 Å². The van der Waals surface area contributed by atoms with Gasteiger partial charge in [-0.25, -0.2) is 0 Å². The topological polar surface area (TPSA) is 174 Å². The molecule has 200 valence electrons. The number of aliphatic hydroxyl groups is 3. The number of rotatable bonds is 5. The van der Waals surface area contributed by atoms with Gasteiger partial charge in [0.05, 0.1) is 11.7 Å². The number of nitrogens with two attached hydrogens (primary N) is 1. The predicted molar refractivity (Wildman–Crippen MR) is 136 cm³/mol. The molecule has 10 heteroatoms. The Bertz CT molecular complexity index is 1360. The maximum absolute atomic E-state index is 13.9. The van der Waals surface area contributed by atoms with Crippen LogP contribution in [0.4, 0.5) is 0 Å². The van der Waals surface area contributed by atoms with Crippen molar-refractivity contribution >= 4 is 23.2 Å². The number of aliphatic hydroxyl groups excluding tert-OH is 2. The summed E-state index contributed by atoms with van der Waals surface area (Å²) >= 11 is 0. The van der Waals surface area contributed by atoms with Crippen molar-refractivity contribution in [3.63, 3.8) is 0 Å². The number of hydrogen-bond donors (Lipinski definition) is 5. The molecule has 10 nitrogen and oxygen atoms in total. The fourth-order valence-corrected chi connectivity index (χ4v) is 6.71. The third-order valence-electron chi connectivity index (χ3n) is 8.45. The molecule has 6 N–H and O–H groups in total. The lowest BCUT2D eigenvalue weighted by Gasteiger charge is -2.53. The number of ketones is 2. The number of primary amides is 1. The first-order valence-electron chi connectivity index (χ1n) is 12.6. The molecule has 1 amide bonds. The Morgan fingerprint density at radius 3 is 2.53 bits per heavy atom. The average molecular weight is 522 g/mol. The predicted octanol–water partition coefficient (Wildman–Crippen LogP) is 0.309. The van der Waals surface area contributed by atoms with Crippen LogP contribution < -0.4 is 5.73 Å². The summed E-state index contributed by atoms with van der Waals surface area (Å²) in [7, 11) is 3.25. The van der Waals surface area contributed by atoms with Crippen LogP contribution in [0, 0.1) is 17.8 Å². The molecule has 2 saturated carbocycles. The molecule has 0 bridgehead atoms. The van der Waals surface area contributed by atoms with E-state index < -0.39 is 58.7 Å². The molecule has 6 atom stereocenters. The fraction of sp³-hybridized carbons (Fsp3) is 0.429. The van der Waals surface area contributed by atoms with Gasteiger partial charge in [0.1, 0.15) is 17.4 Å². The zero-order valence-electron chi connectivity index (χ0n) is 21.2. The van der Waals surface area contributed by atoms with Crippen LogP contribution in [-0.4, -0.2) is 79.6 Å². The summed E-state index contributed by atoms with van der Waals surface area (Å²) in [6, 6.07) is 7.95. The van der Waals surface area contributed by atoms with E-state index in [1.165, 1.54) is 6.07 Å². The largest absolute Gasteiger partial charge is 0.507 e. The zero-order valence-corrected chi connectivity index (χ0v) is 21.2.